The van der Waals surface area contributed by atoms with E-state index in [1.807, 2.05) is 0 Å². The van der Waals surface area contributed by atoms with Gasteiger partial charge in [-0.15, -0.1) is 0 Å². The molecule has 1 aromatic heterocycles. The van der Waals surface area contributed by atoms with Crippen LogP contribution >= 0.6 is 0 Å². The summed E-state index contributed by atoms with van der Waals surface area (Å²) in [5, 5.41) is 14.0. The Morgan fingerprint density at radius 3 is 2.79 bits per heavy atom. The summed E-state index contributed by atoms with van der Waals surface area (Å²) in [6.45, 7) is 1.74. The van der Waals surface area contributed by atoms with Crippen LogP contribution in [0.1, 0.15) is 12.7 Å². The third-order valence-electron chi connectivity index (χ3n) is 4.02. The zero-order chi connectivity index (χ0) is 20.3. The van der Waals surface area contributed by atoms with Crippen LogP contribution in [0, 0.1) is 5.82 Å². The van der Waals surface area contributed by atoms with Crippen molar-refractivity contribution in [3.8, 4) is 11.1 Å². The summed E-state index contributed by atoms with van der Waals surface area (Å²) in [5.74, 6) is -1.07. The summed E-state index contributed by atoms with van der Waals surface area (Å²) in [6.07, 6.45) is 1.55. The Bertz CT molecular complexity index is 934. The van der Waals surface area contributed by atoms with Crippen molar-refractivity contribution >= 4 is 23.5 Å². The lowest BCUT2D eigenvalue weighted by Gasteiger charge is -2.14. The third-order valence-corrected chi connectivity index (χ3v) is 4.02. The lowest BCUT2D eigenvalue weighted by molar-refractivity contribution is -0.119. The van der Waals surface area contributed by atoms with E-state index in [2.05, 4.69) is 20.4 Å². The second kappa shape index (κ2) is 7.86. The Morgan fingerprint density at radius 1 is 1.46 bits per heavy atom. The fraction of sp³-hybridized carbons (Fsp3) is 0.235. The molecule has 0 unspecified atom stereocenters. The van der Waals surface area contributed by atoms with Gasteiger partial charge in [-0.2, -0.15) is 0 Å². The predicted octanol–water partition coefficient (Wildman–Crippen LogP) is 0.839. The normalized spacial score (nSPS) is 16.8. The summed E-state index contributed by atoms with van der Waals surface area (Å²) < 4.78 is 19.8. The molecule has 0 spiro atoms. The van der Waals surface area contributed by atoms with Crippen LogP contribution in [0.15, 0.2) is 35.7 Å². The Hall–Kier alpha value is -3.76. The molecule has 0 saturated carbocycles. The van der Waals surface area contributed by atoms with E-state index in [1.165, 1.54) is 36.4 Å². The molecular formula is C17H17FN6O4. The van der Waals surface area contributed by atoms with Crippen molar-refractivity contribution in [3.63, 3.8) is 0 Å². The first-order chi connectivity index (χ1) is 13.4. The molecule has 1 aliphatic rings. The molecule has 4 N–H and O–H groups in total. The van der Waals surface area contributed by atoms with Gasteiger partial charge < -0.3 is 21.0 Å². The fourth-order valence-electron chi connectivity index (χ4n) is 2.65. The first-order valence-corrected chi connectivity index (χ1v) is 8.21. The second-order valence-electron chi connectivity index (χ2n) is 6.00. The van der Waals surface area contributed by atoms with Gasteiger partial charge in [-0.1, -0.05) is 5.16 Å². The summed E-state index contributed by atoms with van der Waals surface area (Å²) >= 11 is 0. The van der Waals surface area contributed by atoms with Gasteiger partial charge in [0, 0.05) is 30.4 Å². The maximum Gasteiger partial charge on any atom is 0.414 e. The number of oxime groups is 1. The largest absolute Gasteiger partial charge is 0.442 e. The number of nitrogens with zero attached hydrogens (tertiary/aromatic N) is 4. The smallest absolute Gasteiger partial charge is 0.414 e. The lowest BCUT2D eigenvalue weighted by Crippen LogP contribution is -2.33. The monoisotopic (exact) mass is 388 g/mol. The number of hydrogen-bond donors (Lipinski definition) is 3. The minimum atomic E-state index is -0.617. The van der Waals surface area contributed by atoms with Gasteiger partial charge in [-0.25, -0.2) is 19.2 Å². The molecule has 10 nitrogen and oxygen atoms in total. The molecule has 1 aliphatic heterocycles. The van der Waals surface area contributed by atoms with E-state index in [-0.39, 0.29) is 36.2 Å². The number of rotatable bonds is 5. The predicted molar refractivity (Wildman–Crippen MR) is 96.2 cm³/mol. The Labute approximate surface area is 158 Å². The highest BCUT2D eigenvalue weighted by atomic mass is 19.1. The minimum absolute atomic E-state index is 0.00769. The molecule has 1 fully saturated rings. The maximum atomic E-state index is 14.6. The molecule has 1 saturated heterocycles. The van der Waals surface area contributed by atoms with Crippen molar-refractivity contribution in [1.82, 2.24) is 15.3 Å². The van der Waals surface area contributed by atoms with E-state index in [1.54, 1.807) is 6.07 Å². The van der Waals surface area contributed by atoms with Crippen molar-refractivity contribution < 1.29 is 23.9 Å². The Balaban J connectivity index is 1.77. The van der Waals surface area contributed by atoms with E-state index >= 15 is 0 Å². The van der Waals surface area contributed by atoms with Crippen molar-refractivity contribution in [2.24, 2.45) is 10.9 Å². The van der Waals surface area contributed by atoms with Crippen LogP contribution in [0.25, 0.3) is 11.1 Å². The van der Waals surface area contributed by atoms with Gasteiger partial charge >= 0.3 is 6.09 Å². The number of carbonyl (C=O) groups is 2. The van der Waals surface area contributed by atoms with Gasteiger partial charge in [0.2, 0.25) is 11.7 Å². The van der Waals surface area contributed by atoms with Gasteiger partial charge in [-0.05, 0) is 18.2 Å². The molecule has 2 aromatic rings. The quantitative estimate of drug-likeness (QED) is 0.298. The number of halogens is 1. The number of ether oxygens (including phenoxy) is 1. The number of amidine groups is 1. The van der Waals surface area contributed by atoms with Crippen LogP contribution in [-0.4, -0.2) is 52.2 Å². The molecule has 2 heterocycles. The molecular weight excluding hydrogens is 371 g/mol. The number of benzene rings is 1. The highest BCUT2D eigenvalue weighted by molar-refractivity contribution is 5.93. The van der Waals surface area contributed by atoms with E-state index < -0.39 is 18.0 Å². The number of hydrogen-bond acceptors (Lipinski definition) is 7. The maximum absolute atomic E-state index is 14.6. The average molecular weight is 388 g/mol. The molecule has 11 heteroatoms. The zero-order valence-electron chi connectivity index (χ0n) is 14.8. The van der Waals surface area contributed by atoms with Crippen LogP contribution in [0.2, 0.25) is 0 Å². The van der Waals surface area contributed by atoms with Gasteiger partial charge in [0.15, 0.2) is 5.82 Å². The standard InChI is InChI=1S/C17H17FN6O4/c1-9(25)20-7-12-8-24(17(26)28-12)11-2-3-13(14(18)4-11)10-5-21-16(22-6-10)15(19)23-27/h2-6,12,27H,7-8H2,1H3,(H2,19,23)(H,20,25)/t12-/m0/s1. The van der Waals surface area contributed by atoms with E-state index in [4.69, 9.17) is 15.7 Å². The summed E-state index contributed by atoms with van der Waals surface area (Å²) in [7, 11) is 0. The molecule has 3 rings (SSSR count). The highest BCUT2D eigenvalue weighted by Gasteiger charge is 2.32. The van der Waals surface area contributed by atoms with E-state index in [0.29, 0.717) is 11.3 Å². The van der Waals surface area contributed by atoms with Crippen molar-refractivity contribution in [3.05, 3.63) is 42.2 Å². The molecule has 2 amide bonds. The lowest BCUT2D eigenvalue weighted by atomic mass is 10.1. The molecule has 28 heavy (non-hydrogen) atoms. The SMILES string of the molecule is CC(=O)NC[C@H]1CN(c2ccc(-c3cnc(/C(N)=N/O)nc3)c(F)c2)C(=O)O1. The Kier molecular flexibility index (Phi) is 5.34. The minimum Gasteiger partial charge on any atom is -0.442 e. The Morgan fingerprint density at radius 2 is 2.18 bits per heavy atom. The average Bonchev–Trinajstić information content (AvgIpc) is 3.06. The molecule has 0 radical (unpaired) electrons. The number of amides is 2. The van der Waals surface area contributed by atoms with E-state index in [9.17, 15) is 14.0 Å². The summed E-state index contributed by atoms with van der Waals surface area (Å²) in [5.41, 5.74) is 6.32. The highest BCUT2D eigenvalue weighted by Crippen LogP contribution is 2.28. The number of anilines is 1. The van der Waals surface area contributed by atoms with Crippen LogP contribution in [0.3, 0.4) is 0 Å². The second-order valence-corrected chi connectivity index (χ2v) is 6.00. The molecule has 1 atom stereocenters. The van der Waals surface area contributed by atoms with Crippen LogP contribution in [-0.2, 0) is 9.53 Å². The van der Waals surface area contributed by atoms with Crippen molar-refractivity contribution in [1.29, 1.82) is 0 Å². The fourth-order valence-corrected chi connectivity index (χ4v) is 2.65. The summed E-state index contributed by atoms with van der Waals surface area (Å²) in [6, 6.07) is 4.26. The summed E-state index contributed by atoms with van der Waals surface area (Å²) in [4.78, 5) is 32.1. The molecule has 0 aliphatic carbocycles. The first kappa shape index (κ1) is 19.0. The number of cyclic esters (lactones) is 1. The van der Waals surface area contributed by atoms with Gasteiger partial charge in [0.1, 0.15) is 11.9 Å². The van der Waals surface area contributed by atoms with Crippen molar-refractivity contribution in [2.45, 2.75) is 13.0 Å². The van der Waals surface area contributed by atoms with Crippen LogP contribution in [0.5, 0.6) is 0 Å². The van der Waals surface area contributed by atoms with Gasteiger partial charge in [0.05, 0.1) is 18.8 Å². The third kappa shape index (κ3) is 3.98. The van der Waals surface area contributed by atoms with Gasteiger partial charge in [0.25, 0.3) is 0 Å². The first-order valence-electron chi connectivity index (χ1n) is 8.21. The molecule has 146 valence electrons. The van der Waals surface area contributed by atoms with Crippen LogP contribution in [0.4, 0.5) is 14.9 Å². The molecule has 0 bridgehead atoms. The number of nitrogens with one attached hydrogen (secondary N) is 1. The number of carbonyl (C=O) groups excluding carboxylic acids is 2. The topological polar surface area (TPSA) is 143 Å². The number of nitrogens with two attached hydrogens (primary N) is 1. The van der Waals surface area contributed by atoms with Crippen LogP contribution < -0.4 is 16.0 Å². The molecule has 1 aromatic carbocycles. The zero-order valence-corrected chi connectivity index (χ0v) is 14.8. The van der Waals surface area contributed by atoms with Gasteiger partial charge in [-0.3, -0.25) is 9.69 Å². The number of aromatic nitrogens is 2. The van der Waals surface area contributed by atoms with Crippen molar-refractivity contribution in [2.75, 3.05) is 18.0 Å². The van der Waals surface area contributed by atoms with E-state index in [0.717, 1.165) is 0 Å².